The van der Waals surface area contributed by atoms with E-state index >= 15 is 0 Å². The fourth-order valence-corrected chi connectivity index (χ4v) is 3.03. The van der Waals surface area contributed by atoms with Crippen LogP contribution in [0.15, 0.2) is 52.8 Å². The molecule has 1 fully saturated rings. The maximum absolute atomic E-state index is 13.8. The Morgan fingerprint density at radius 2 is 1.69 bits per heavy atom. The van der Waals surface area contributed by atoms with Crippen LogP contribution in [0.25, 0.3) is 0 Å². The van der Waals surface area contributed by atoms with Crippen molar-refractivity contribution in [2.45, 2.75) is 18.6 Å². The number of nitrogens with zero attached hydrogens (tertiary/aromatic N) is 4. The third-order valence-electron chi connectivity index (χ3n) is 4.31. The van der Waals surface area contributed by atoms with Crippen LogP contribution in [-0.2, 0) is 16.1 Å². The molecule has 0 saturated carbocycles. The van der Waals surface area contributed by atoms with Crippen molar-refractivity contribution >= 4 is 17.5 Å². The standard InChI is InChI=1S/C17H11F3N4O2/c18-11-4-2-1-3-9(11)8-23-15-14(21-22-23)16(25)24(17(15)26)10-5-6-12(19)13(20)7-10/h1-7,14-15H,8H2/t14-,15-/m0/s1. The Kier molecular flexibility index (Phi) is 3.71. The molecule has 2 atom stereocenters. The van der Waals surface area contributed by atoms with E-state index in [-0.39, 0.29) is 12.2 Å². The first-order valence-corrected chi connectivity index (χ1v) is 7.71. The fraction of sp³-hybridized carbons (Fsp3) is 0.176. The number of hydrogen-bond acceptors (Lipinski definition) is 5. The predicted octanol–water partition coefficient (Wildman–Crippen LogP) is 2.60. The van der Waals surface area contributed by atoms with E-state index < -0.39 is 41.3 Å². The second-order valence-electron chi connectivity index (χ2n) is 5.89. The Morgan fingerprint density at radius 1 is 0.923 bits per heavy atom. The molecule has 132 valence electrons. The van der Waals surface area contributed by atoms with Gasteiger partial charge in [-0.3, -0.25) is 14.6 Å². The monoisotopic (exact) mass is 360 g/mol. The van der Waals surface area contributed by atoms with Crippen LogP contribution in [0.2, 0.25) is 0 Å². The zero-order valence-electron chi connectivity index (χ0n) is 13.1. The first kappa shape index (κ1) is 16.2. The van der Waals surface area contributed by atoms with E-state index in [1.165, 1.54) is 23.2 Å². The number of imide groups is 1. The first-order valence-electron chi connectivity index (χ1n) is 7.71. The lowest BCUT2D eigenvalue weighted by atomic mass is 10.1. The average Bonchev–Trinajstić information content (AvgIpc) is 3.13. The van der Waals surface area contributed by atoms with Gasteiger partial charge in [-0.05, 0) is 18.2 Å². The number of fused-ring (bicyclic) bond motifs is 1. The molecule has 0 N–H and O–H groups in total. The lowest BCUT2D eigenvalue weighted by molar-refractivity contribution is -0.123. The molecule has 9 heteroatoms. The van der Waals surface area contributed by atoms with E-state index in [1.54, 1.807) is 6.07 Å². The number of hydrogen-bond donors (Lipinski definition) is 0. The summed E-state index contributed by atoms with van der Waals surface area (Å²) in [6.45, 7) is -0.0536. The van der Waals surface area contributed by atoms with Gasteiger partial charge in [0.05, 0.1) is 12.2 Å². The molecule has 2 heterocycles. The van der Waals surface area contributed by atoms with Crippen molar-refractivity contribution in [3.63, 3.8) is 0 Å². The van der Waals surface area contributed by atoms with E-state index in [4.69, 9.17) is 0 Å². The van der Waals surface area contributed by atoms with E-state index in [2.05, 4.69) is 10.3 Å². The minimum Gasteiger partial charge on any atom is -0.271 e. The van der Waals surface area contributed by atoms with Gasteiger partial charge in [-0.2, -0.15) is 5.11 Å². The number of anilines is 1. The first-order chi connectivity index (χ1) is 12.5. The van der Waals surface area contributed by atoms with Crippen molar-refractivity contribution in [2.24, 2.45) is 10.3 Å². The van der Waals surface area contributed by atoms with Crippen LogP contribution in [-0.4, -0.2) is 28.9 Å². The van der Waals surface area contributed by atoms with Gasteiger partial charge in [0, 0.05) is 11.6 Å². The molecule has 26 heavy (non-hydrogen) atoms. The van der Waals surface area contributed by atoms with Crippen LogP contribution in [0.1, 0.15) is 5.56 Å². The molecular formula is C17H11F3N4O2. The maximum Gasteiger partial charge on any atom is 0.263 e. The van der Waals surface area contributed by atoms with E-state index in [0.717, 1.165) is 23.1 Å². The van der Waals surface area contributed by atoms with Crippen LogP contribution >= 0.6 is 0 Å². The molecule has 0 radical (unpaired) electrons. The van der Waals surface area contributed by atoms with E-state index in [0.29, 0.717) is 5.56 Å². The van der Waals surface area contributed by atoms with Gasteiger partial charge in [0.25, 0.3) is 11.8 Å². The number of rotatable bonds is 3. The molecule has 1 saturated heterocycles. The second kappa shape index (κ2) is 5.94. The average molecular weight is 360 g/mol. The Hall–Kier alpha value is -3.23. The summed E-state index contributed by atoms with van der Waals surface area (Å²) in [5.74, 6) is -4.10. The normalized spacial score (nSPS) is 21.7. The Bertz CT molecular complexity index is 949. The van der Waals surface area contributed by atoms with Crippen LogP contribution in [0.3, 0.4) is 0 Å². The summed E-state index contributed by atoms with van der Waals surface area (Å²) in [6, 6.07) is 6.57. The summed E-state index contributed by atoms with van der Waals surface area (Å²) < 4.78 is 40.4. The highest BCUT2D eigenvalue weighted by Gasteiger charge is 2.54. The molecule has 0 unspecified atom stereocenters. The summed E-state index contributed by atoms with van der Waals surface area (Å²) >= 11 is 0. The number of halogens is 3. The minimum absolute atomic E-state index is 0.0536. The Labute approximate surface area is 145 Å². The third-order valence-corrected chi connectivity index (χ3v) is 4.31. The van der Waals surface area contributed by atoms with Crippen LogP contribution < -0.4 is 4.90 Å². The van der Waals surface area contributed by atoms with Crippen molar-refractivity contribution in [3.05, 3.63) is 65.5 Å². The van der Waals surface area contributed by atoms with Crippen LogP contribution in [0.4, 0.5) is 18.9 Å². The van der Waals surface area contributed by atoms with Gasteiger partial charge < -0.3 is 0 Å². The number of carbonyl (C=O) groups is 2. The molecule has 2 amide bonds. The van der Waals surface area contributed by atoms with E-state index in [1.807, 2.05) is 0 Å². The smallest absolute Gasteiger partial charge is 0.263 e. The highest BCUT2D eigenvalue weighted by molar-refractivity contribution is 6.25. The SMILES string of the molecule is O=C1[C@H]2N=NN(Cc3ccccc3F)[C@@H]2C(=O)N1c1ccc(F)c(F)c1. The molecule has 0 spiro atoms. The minimum atomic E-state index is -1.18. The molecule has 2 aliphatic rings. The molecule has 6 nitrogen and oxygen atoms in total. The quantitative estimate of drug-likeness (QED) is 0.791. The molecule has 2 aliphatic heterocycles. The molecule has 0 aromatic heterocycles. The number of benzene rings is 2. The van der Waals surface area contributed by atoms with Gasteiger partial charge in [0.1, 0.15) is 5.82 Å². The summed E-state index contributed by atoms with van der Waals surface area (Å²) in [5, 5.41) is 8.83. The third kappa shape index (κ3) is 2.43. The highest BCUT2D eigenvalue weighted by Crippen LogP contribution is 2.33. The topological polar surface area (TPSA) is 65.3 Å². The van der Waals surface area contributed by atoms with Crippen molar-refractivity contribution in [3.8, 4) is 0 Å². The van der Waals surface area contributed by atoms with Crippen molar-refractivity contribution in [2.75, 3.05) is 4.90 Å². The summed E-state index contributed by atoms with van der Waals surface area (Å²) in [6.07, 6.45) is 0. The van der Waals surface area contributed by atoms with Crippen LogP contribution in [0.5, 0.6) is 0 Å². The lowest BCUT2D eigenvalue weighted by Crippen LogP contribution is -2.39. The molecule has 0 aliphatic carbocycles. The predicted molar refractivity (Wildman–Crippen MR) is 83.2 cm³/mol. The van der Waals surface area contributed by atoms with E-state index in [9.17, 15) is 22.8 Å². The van der Waals surface area contributed by atoms with Gasteiger partial charge >= 0.3 is 0 Å². The zero-order valence-corrected chi connectivity index (χ0v) is 13.1. The summed E-state index contributed by atoms with van der Waals surface area (Å²) in [4.78, 5) is 26.0. The van der Waals surface area contributed by atoms with Gasteiger partial charge in [-0.1, -0.05) is 23.4 Å². The van der Waals surface area contributed by atoms with Gasteiger partial charge in [0.2, 0.25) is 0 Å². The molecule has 2 aromatic rings. The summed E-state index contributed by atoms with van der Waals surface area (Å²) in [7, 11) is 0. The van der Waals surface area contributed by atoms with Crippen molar-refractivity contribution in [1.82, 2.24) is 5.01 Å². The van der Waals surface area contributed by atoms with Crippen molar-refractivity contribution in [1.29, 1.82) is 0 Å². The largest absolute Gasteiger partial charge is 0.271 e. The fourth-order valence-electron chi connectivity index (χ4n) is 3.03. The molecule has 0 bridgehead atoms. The summed E-state index contributed by atoms with van der Waals surface area (Å²) in [5.41, 5.74) is 0.202. The Morgan fingerprint density at radius 3 is 2.42 bits per heavy atom. The second-order valence-corrected chi connectivity index (χ2v) is 5.89. The number of carbonyl (C=O) groups excluding carboxylic acids is 2. The molecular weight excluding hydrogens is 349 g/mol. The zero-order chi connectivity index (χ0) is 18.4. The van der Waals surface area contributed by atoms with Gasteiger partial charge in [-0.25, -0.2) is 18.1 Å². The van der Waals surface area contributed by atoms with Crippen molar-refractivity contribution < 1.29 is 22.8 Å². The number of amides is 2. The molecule has 4 rings (SSSR count). The van der Waals surface area contributed by atoms with Crippen LogP contribution in [0, 0.1) is 17.5 Å². The van der Waals surface area contributed by atoms with Gasteiger partial charge in [-0.15, -0.1) is 0 Å². The Balaban J connectivity index is 1.63. The molecule has 2 aromatic carbocycles. The van der Waals surface area contributed by atoms with Gasteiger partial charge in [0.15, 0.2) is 23.7 Å². The maximum atomic E-state index is 13.8. The lowest BCUT2D eigenvalue weighted by Gasteiger charge is -2.20. The highest BCUT2D eigenvalue weighted by atomic mass is 19.2.